The van der Waals surface area contributed by atoms with Crippen molar-refractivity contribution in [1.29, 1.82) is 0 Å². The van der Waals surface area contributed by atoms with Crippen molar-refractivity contribution in [3.05, 3.63) is 23.8 Å². The Morgan fingerprint density at radius 3 is 2.60 bits per heavy atom. The number of nitrogens with zero attached hydrogens (tertiary/aromatic N) is 1. The van der Waals surface area contributed by atoms with Gasteiger partial charge in [-0.15, -0.1) is 0 Å². The Balaban J connectivity index is 2.21. The van der Waals surface area contributed by atoms with Crippen LogP contribution < -0.4 is 5.32 Å². The largest absolute Gasteiger partial charge is 0.416 e. The lowest BCUT2D eigenvalue weighted by Gasteiger charge is -2.22. The van der Waals surface area contributed by atoms with E-state index in [0.717, 1.165) is 16.8 Å². The molecule has 0 saturated carbocycles. The molecule has 1 aromatic heterocycles. The van der Waals surface area contributed by atoms with E-state index in [2.05, 4.69) is 10.3 Å². The van der Waals surface area contributed by atoms with E-state index in [-0.39, 0.29) is 5.60 Å². The first-order valence-electron chi connectivity index (χ1n) is 5.98. The first-order chi connectivity index (χ1) is 9.21. The molecule has 1 heterocycles. The molecule has 3 nitrogen and oxygen atoms in total. The van der Waals surface area contributed by atoms with E-state index >= 15 is 0 Å². The minimum Gasteiger partial charge on any atom is -0.377 e. The van der Waals surface area contributed by atoms with Gasteiger partial charge in [0.1, 0.15) is 0 Å². The van der Waals surface area contributed by atoms with Crippen LogP contribution in [0.3, 0.4) is 0 Å². The van der Waals surface area contributed by atoms with Crippen LogP contribution in [0.15, 0.2) is 18.2 Å². The van der Waals surface area contributed by atoms with Gasteiger partial charge in [-0.05, 0) is 32.0 Å². The summed E-state index contributed by atoms with van der Waals surface area (Å²) >= 11 is 1.32. The van der Waals surface area contributed by atoms with E-state index < -0.39 is 11.7 Å². The van der Waals surface area contributed by atoms with Crippen molar-refractivity contribution in [3.63, 3.8) is 0 Å². The van der Waals surface area contributed by atoms with Crippen LogP contribution in [0.2, 0.25) is 0 Å². The van der Waals surface area contributed by atoms with Crippen molar-refractivity contribution in [1.82, 2.24) is 4.98 Å². The molecule has 0 bridgehead atoms. The number of ether oxygens (including phenoxy) is 1. The number of aromatic nitrogens is 1. The molecule has 0 atom stereocenters. The molecule has 2 rings (SSSR count). The Kier molecular flexibility index (Phi) is 3.93. The van der Waals surface area contributed by atoms with Gasteiger partial charge in [0.25, 0.3) is 0 Å². The van der Waals surface area contributed by atoms with Gasteiger partial charge in [0, 0.05) is 13.7 Å². The molecule has 0 saturated heterocycles. The van der Waals surface area contributed by atoms with Crippen molar-refractivity contribution in [2.45, 2.75) is 25.6 Å². The van der Waals surface area contributed by atoms with Crippen molar-refractivity contribution in [2.75, 3.05) is 19.0 Å². The minimum atomic E-state index is -4.34. The second-order valence-electron chi connectivity index (χ2n) is 5.02. The number of methoxy groups -OCH3 is 1. The predicted octanol–water partition coefficient (Wildman–Crippen LogP) is 4.15. The molecule has 20 heavy (non-hydrogen) atoms. The molecule has 1 aromatic carbocycles. The van der Waals surface area contributed by atoms with Gasteiger partial charge in [0.15, 0.2) is 5.13 Å². The molecular formula is C13H15F3N2OS. The number of hydrogen-bond acceptors (Lipinski definition) is 4. The van der Waals surface area contributed by atoms with Gasteiger partial charge in [-0.25, -0.2) is 4.98 Å². The van der Waals surface area contributed by atoms with E-state index in [1.54, 1.807) is 7.11 Å². The summed E-state index contributed by atoms with van der Waals surface area (Å²) in [4.78, 5) is 4.18. The van der Waals surface area contributed by atoms with Crippen molar-refractivity contribution >= 4 is 26.7 Å². The van der Waals surface area contributed by atoms with Gasteiger partial charge in [0.2, 0.25) is 0 Å². The third-order valence-electron chi connectivity index (χ3n) is 2.93. The number of halogens is 3. The Morgan fingerprint density at radius 1 is 1.30 bits per heavy atom. The maximum atomic E-state index is 12.6. The van der Waals surface area contributed by atoms with Crippen LogP contribution in [0.4, 0.5) is 18.3 Å². The highest BCUT2D eigenvalue weighted by Gasteiger charge is 2.30. The fourth-order valence-corrected chi connectivity index (χ4v) is 2.38. The van der Waals surface area contributed by atoms with Gasteiger partial charge in [0.05, 0.1) is 21.4 Å². The van der Waals surface area contributed by atoms with Gasteiger partial charge in [-0.2, -0.15) is 13.2 Å². The summed E-state index contributed by atoms with van der Waals surface area (Å²) in [7, 11) is 1.61. The van der Waals surface area contributed by atoms with Gasteiger partial charge in [-0.3, -0.25) is 0 Å². The van der Waals surface area contributed by atoms with Crippen LogP contribution >= 0.6 is 11.3 Å². The molecule has 0 radical (unpaired) electrons. The summed E-state index contributed by atoms with van der Waals surface area (Å²) in [5.41, 5.74) is -0.698. The quantitative estimate of drug-likeness (QED) is 0.921. The van der Waals surface area contributed by atoms with E-state index in [1.165, 1.54) is 17.4 Å². The molecule has 0 spiro atoms. The first kappa shape index (κ1) is 15.1. The standard InChI is InChI=1S/C13H15F3N2OS/c1-12(2,19-3)7-17-11-18-9-6-8(13(14,15)16)4-5-10(9)20-11/h4-6H,7H2,1-3H3,(H,17,18). The van der Waals surface area contributed by atoms with Gasteiger partial charge < -0.3 is 10.1 Å². The Bertz CT molecular complexity index is 607. The fourth-order valence-electron chi connectivity index (χ4n) is 1.54. The average Bonchev–Trinajstić information content (AvgIpc) is 2.77. The average molecular weight is 304 g/mol. The van der Waals surface area contributed by atoms with Gasteiger partial charge >= 0.3 is 6.18 Å². The normalized spacial score (nSPS) is 12.9. The third kappa shape index (κ3) is 3.40. The van der Waals surface area contributed by atoms with E-state index in [0.29, 0.717) is 17.2 Å². The number of hydrogen-bond donors (Lipinski definition) is 1. The summed E-state index contributed by atoms with van der Waals surface area (Å²) in [5.74, 6) is 0. The Hall–Kier alpha value is -1.34. The summed E-state index contributed by atoms with van der Waals surface area (Å²) in [6.45, 7) is 4.35. The van der Waals surface area contributed by atoms with Crippen molar-refractivity contribution < 1.29 is 17.9 Å². The second kappa shape index (κ2) is 5.21. The van der Waals surface area contributed by atoms with E-state index in [9.17, 15) is 13.2 Å². The fraction of sp³-hybridized carbons (Fsp3) is 0.462. The van der Waals surface area contributed by atoms with Gasteiger partial charge in [-0.1, -0.05) is 11.3 Å². The number of anilines is 1. The molecule has 0 aliphatic heterocycles. The van der Waals surface area contributed by atoms with Crippen LogP contribution in [-0.4, -0.2) is 24.2 Å². The molecule has 0 aliphatic rings. The minimum absolute atomic E-state index is 0.350. The molecule has 0 fully saturated rings. The SMILES string of the molecule is COC(C)(C)CNc1nc2cc(C(F)(F)F)ccc2s1. The monoisotopic (exact) mass is 304 g/mol. The number of alkyl halides is 3. The lowest BCUT2D eigenvalue weighted by Crippen LogP contribution is -2.31. The van der Waals surface area contributed by atoms with E-state index in [4.69, 9.17) is 4.74 Å². The number of thiazole rings is 1. The zero-order valence-electron chi connectivity index (χ0n) is 11.3. The first-order valence-corrected chi connectivity index (χ1v) is 6.80. The topological polar surface area (TPSA) is 34.1 Å². The highest BCUT2D eigenvalue weighted by Crippen LogP contribution is 2.34. The number of nitrogens with one attached hydrogen (secondary N) is 1. The highest BCUT2D eigenvalue weighted by atomic mass is 32.1. The highest BCUT2D eigenvalue weighted by molar-refractivity contribution is 7.22. The summed E-state index contributed by atoms with van der Waals surface area (Å²) in [6.07, 6.45) is -4.34. The molecule has 0 amide bonds. The molecular weight excluding hydrogens is 289 g/mol. The maximum absolute atomic E-state index is 12.6. The molecule has 0 aliphatic carbocycles. The van der Waals surface area contributed by atoms with Crippen LogP contribution in [0, 0.1) is 0 Å². The zero-order valence-corrected chi connectivity index (χ0v) is 12.2. The second-order valence-corrected chi connectivity index (χ2v) is 6.05. The lowest BCUT2D eigenvalue weighted by molar-refractivity contribution is -0.137. The number of rotatable bonds is 4. The maximum Gasteiger partial charge on any atom is 0.416 e. The molecule has 0 unspecified atom stereocenters. The Labute approximate surface area is 118 Å². The predicted molar refractivity (Wildman–Crippen MR) is 74.2 cm³/mol. The smallest absolute Gasteiger partial charge is 0.377 e. The van der Waals surface area contributed by atoms with Crippen LogP contribution in [0.25, 0.3) is 10.2 Å². The van der Waals surface area contributed by atoms with Crippen LogP contribution in [0.1, 0.15) is 19.4 Å². The lowest BCUT2D eigenvalue weighted by atomic mass is 10.1. The Morgan fingerprint density at radius 2 is 2.00 bits per heavy atom. The number of fused-ring (bicyclic) bond motifs is 1. The van der Waals surface area contributed by atoms with Crippen molar-refractivity contribution in [2.24, 2.45) is 0 Å². The molecule has 7 heteroatoms. The molecule has 1 N–H and O–H groups in total. The summed E-state index contributed by atoms with van der Waals surface area (Å²) in [5, 5.41) is 3.67. The molecule has 110 valence electrons. The summed E-state index contributed by atoms with van der Waals surface area (Å²) in [6, 6.07) is 3.59. The third-order valence-corrected chi connectivity index (χ3v) is 3.93. The van der Waals surface area contributed by atoms with Crippen molar-refractivity contribution in [3.8, 4) is 0 Å². The van der Waals surface area contributed by atoms with E-state index in [1.807, 2.05) is 13.8 Å². The summed E-state index contributed by atoms with van der Waals surface area (Å²) < 4.78 is 43.8. The molecule has 2 aromatic rings. The van der Waals surface area contributed by atoms with Crippen LogP contribution in [0.5, 0.6) is 0 Å². The number of benzene rings is 1. The van der Waals surface area contributed by atoms with Crippen LogP contribution in [-0.2, 0) is 10.9 Å². The zero-order chi connectivity index (χ0) is 15.0.